The van der Waals surface area contributed by atoms with E-state index >= 15 is 0 Å². The summed E-state index contributed by atoms with van der Waals surface area (Å²) in [5.41, 5.74) is 0.693. The zero-order valence-corrected chi connectivity index (χ0v) is 14.4. The highest BCUT2D eigenvalue weighted by atomic mass is 32.2. The normalized spacial score (nSPS) is 10.0. The quantitative estimate of drug-likeness (QED) is 0.778. The molecule has 4 nitrogen and oxygen atoms in total. The van der Waals surface area contributed by atoms with Crippen LogP contribution in [0, 0.1) is 0 Å². The van der Waals surface area contributed by atoms with Gasteiger partial charge in [-0.25, -0.2) is 0 Å². The lowest BCUT2D eigenvalue weighted by atomic mass is 10.3. The first-order valence-corrected chi connectivity index (χ1v) is 8.45. The van der Waals surface area contributed by atoms with E-state index in [1.165, 1.54) is 11.8 Å². The van der Waals surface area contributed by atoms with E-state index in [1.807, 2.05) is 31.2 Å². The number of thioether (sulfide) groups is 1. The molecule has 0 aromatic heterocycles. The minimum Gasteiger partial charge on any atom is -0.492 e. The molecule has 0 saturated heterocycles. The van der Waals surface area contributed by atoms with Gasteiger partial charge in [0, 0.05) is 13.1 Å². The highest BCUT2D eigenvalue weighted by molar-refractivity contribution is 8.23. The number of anilines is 1. The predicted molar refractivity (Wildman–Crippen MR) is 94.2 cm³/mol. The molecule has 21 heavy (non-hydrogen) atoms. The Kier molecular flexibility index (Phi) is 8.15. The molecule has 0 atom stereocenters. The van der Waals surface area contributed by atoms with Crippen molar-refractivity contribution in [3.8, 4) is 5.75 Å². The Morgan fingerprint density at radius 3 is 2.57 bits per heavy atom. The highest BCUT2D eigenvalue weighted by Gasteiger charge is 2.11. The summed E-state index contributed by atoms with van der Waals surface area (Å²) in [6, 6.07) is 7.42. The van der Waals surface area contributed by atoms with Crippen molar-refractivity contribution in [1.29, 1.82) is 0 Å². The van der Waals surface area contributed by atoms with Crippen LogP contribution in [0.15, 0.2) is 24.3 Å². The Morgan fingerprint density at radius 1 is 1.29 bits per heavy atom. The molecule has 0 aliphatic heterocycles. The van der Waals surface area contributed by atoms with Crippen LogP contribution < -0.4 is 10.1 Å². The number of thiocarbonyl (C=S) groups is 1. The molecule has 0 bridgehead atoms. The number of carbonyl (C=O) groups excluding carboxylic acids is 1. The van der Waals surface area contributed by atoms with Gasteiger partial charge in [0.05, 0.1) is 18.0 Å². The van der Waals surface area contributed by atoms with Crippen LogP contribution in [0.5, 0.6) is 5.75 Å². The number of carbonyl (C=O) groups is 1. The maximum atomic E-state index is 12.0. The van der Waals surface area contributed by atoms with Crippen LogP contribution in [0.25, 0.3) is 0 Å². The van der Waals surface area contributed by atoms with Gasteiger partial charge < -0.3 is 15.0 Å². The summed E-state index contributed by atoms with van der Waals surface area (Å²) >= 11 is 6.69. The fourth-order valence-electron chi connectivity index (χ4n) is 1.74. The van der Waals surface area contributed by atoms with Crippen LogP contribution >= 0.6 is 24.0 Å². The fraction of sp³-hybridized carbons (Fsp3) is 0.467. The maximum Gasteiger partial charge on any atom is 0.234 e. The lowest BCUT2D eigenvalue weighted by Crippen LogP contribution is -2.28. The van der Waals surface area contributed by atoms with Crippen LogP contribution in [0.2, 0.25) is 0 Å². The van der Waals surface area contributed by atoms with Crippen LogP contribution in [-0.4, -0.2) is 40.6 Å². The maximum absolute atomic E-state index is 12.0. The average Bonchev–Trinajstić information content (AvgIpc) is 2.49. The average molecular weight is 326 g/mol. The van der Waals surface area contributed by atoms with Crippen molar-refractivity contribution in [1.82, 2.24) is 4.90 Å². The van der Waals surface area contributed by atoms with Gasteiger partial charge in [0.25, 0.3) is 0 Å². The molecule has 0 radical (unpaired) electrons. The van der Waals surface area contributed by atoms with Crippen molar-refractivity contribution in [2.45, 2.75) is 20.8 Å². The van der Waals surface area contributed by atoms with Gasteiger partial charge in [0.2, 0.25) is 5.91 Å². The van der Waals surface area contributed by atoms with Gasteiger partial charge in [-0.15, -0.1) is 0 Å². The number of rotatable bonds is 7. The van der Waals surface area contributed by atoms with E-state index in [1.54, 1.807) is 0 Å². The van der Waals surface area contributed by atoms with Crippen molar-refractivity contribution in [2.75, 3.05) is 30.8 Å². The number of ether oxygens (including phenoxy) is 1. The highest BCUT2D eigenvalue weighted by Crippen LogP contribution is 2.24. The predicted octanol–water partition coefficient (Wildman–Crippen LogP) is 3.38. The molecular formula is C15H22N2O2S2. The van der Waals surface area contributed by atoms with Gasteiger partial charge in [0.1, 0.15) is 10.1 Å². The topological polar surface area (TPSA) is 41.6 Å². The van der Waals surface area contributed by atoms with Gasteiger partial charge in [0.15, 0.2) is 0 Å². The van der Waals surface area contributed by atoms with Crippen molar-refractivity contribution in [2.24, 2.45) is 0 Å². The van der Waals surface area contributed by atoms with Crippen LogP contribution in [0.3, 0.4) is 0 Å². The summed E-state index contributed by atoms with van der Waals surface area (Å²) in [5.74, 6) is 0.904. The Morgan fingerprint density at radius 2 is 1.95 bits per heavy atom. The van der Waals surface area contributed by atoms with Crippen molar-refractivity contribution in [3.63, 3.8) is 0 Å². The number of hydrogen-bond donors (Lipinski definition) is 1. The zero-order chi connectivity index (χ0) is 15.7. The van der Waals surface area contributed by atoms with Gasteiger partial charge in [-0.2, -0.15) is 0 Å². The van der Waals surface area contributed by atoms with E-state index in [0.29, 0.717) is 23.8 Å². The standard InChI is InChI=1S/C15H22N2O2S2/c1-4-17(5-2)15(20)21-11-14(18)16-12-9-7-8-10-13(12)19-6-3/h7-10H,4-6,11H2,1-3H3,(H,16,18). The molecule has 0 heterocycles. The number of benzene rings is 1. The second kappa shape index (κ2) is 9.63. The number of para-hydroxylation sites is 2. The molecule has 0 spiro atoms. The van der Waals surface area contributed by atoms with Crippen molar-refractivity contribution in [3.05, 3.63) is 24.3 Å². The van der Waals surface area contributed by atoms with Crippen LogP contribution in [0.1, 0.15) is 20.8 Å². The summed E-state index contributed by atoms with van der Waals surface area (Å²) in [7, 11) is 0. The number of nitrogens with zero attached hydrogens (tertiary/aromatic N) is 1. The smallest absolute Gasteiger partial charge is 0.234 e. The van der Waals surface area contributed by atoms with E-state index in [2.05, 4.69) is 24.1 Å². The summed E-state index contributed by atoms with van der Waals surface area (Å²) in [6.07, 6.45) is 0. The van der Waals surface area contributed by atoms with Crippen LogP contribution in [-0.2, 0) is 4.79 Å². The monoisotopic (exact) mass is 326 g/mol. The molecule has 0 saturated carbocycles. The summed E-state index contributed by atoms with van der Waals surface area (Å²) < 4.78 is 6.24. The Labute approximate surface area is 136 Å². The molecule has 0 aliphatic rings. The molecule has 1 aromatic rings. The minimum absolute atomic E-state index is 0.0818. The third-order valence-electron chi connectivity index (χ3n) is 2.81. The molecule has 6 heteroatoms. The van der Waals surface area contributed by atoms with E-state index < -0.39 is 0 Å². The first-order valence-electron chi connectivity index (χ1n) is 7.05. The van der Waals surface area contributed by atoms with Gasteiger partial charge in [-0.3, -0.25) is 4.79 Å². The fourth-order valence-corrected chi connectivity index (χ4v) is 2.94. The molecule has 1 N–H and O–H groups in total. The van der Waals surface area contributed by atoms with Gasteiger partial charge in [-0.05, 0) is 32.9 Å². The van der Waals surface area contributed by atoms with Crippen molar-refractivity contribution < 1.29 is 9.53 Å². The zero-order valence-electron chi connectivity index (χ0n) is 12.7. The lowest BCUT2D eigenvalue weighted by molar-refractivity contribution is -0.113. The van der Waals surface area contributed by atoms with E-state index in [4.69, 9.17) is 17.0 Å². The van der Waals surface area contributed by atoms with Gasteiger partial charge in [-0.1, -0.05) is 36.1 Å². The summed E-state index contributed by atoms with van der Waals surface area (Å²) in [6.45, 7) is 8.29. The number of nitrogens with one attached hydrogen (secondary N) is 1. The summed E-state index contributed by atoms with van der Waals surface area (Å²) in [5, 5.41) is 2.86. The molecule has 1 rings (SSSR count). The largest absolute Gasteiger partial charge is 0.492 e. The third-order valence-corrected chi connectivity index (χ3v) is 4.33. The first kappa shape index (κ1) is 17.8. The first-order chi connectivity index (χ1) is 10.1. The Hall–Kier alpha value is -1.27. The third kappa shape index (κ3) is 5.93. The second-order valence-electron chi connectivity index (χ2n) is 4.20. The Bertz CT molecular complexity index is 476. The van der Waals surface area contributed by atoms with E-state index in [0.717, 1.165) is 17.4 Å². The summed E-state index contributed by atoms with van der Waals surface area (Å²) in [4.78, 5) is 14.1. The Balaban J connectivity index is 2.53. The molecule has 0 aliphatic carbocycles. The molecule has 1 amide bonds. The molecular weight excluding hydrogens is 304 g/mol. The lowest BCUT2D eigenvalue weighted by Gasteiger charge is -2.20. The molecule has 1 aromatic carbocycles. The SMILES string of the molecule is CCOc1ccccc1NC(=O)CSC(=S)N(CC)CC. The van der Waals surface area contributed by atoms with E-state index in [9.17, 15) is 4.79 Å². The van der Waals surface area contributed by atoms with E-state index in [-0.39, 0.29) is 5.91 Å². The molecule has 0 fully saturated rings. The minimum atomic E-state index is -0.0818. The molecule has 116 valence electrons. The van der Waals surface area contributed by atoms with Gasteiger partial charge >= 0.3 is 0 Å². The number of amides is 1. The van der Waals surface area contributed by atoms with Crippen molar-refractivity contribution >= 4 is 39.9 Å². The van der Waals surface area contributed by atoms with Crippen LogP contribution in [0.4, 0.5) is 5.69 Å². The second-order valence-corrected chi connectivity index (χ2v) is 5.81. The molecule has 0 unspecified atom stereocenters. The number of hydrogen-bond acceptors (Lipinski definition) is 4.